The van der Waals surface area contributed by atoms with Crippen molar-refractivity contribution in [3.05, 3.63) is 0 Å². The predicted octanol–water partition coefficient (Wildman–Crippen LogP) is 1.52. The van der Waals surface area contributed by atoms with Crippen LogP contribution in [0, 0.1) is 5.92 Å². The largest absolute Gasteiger partial charge is 0.389 e. The van der Waals surface area contributed by atoms with Gasteiger partial charge in [-0.05, 0) is 19.3 Å². The minimum atomic E-state index is -0.699. The van der Waals surface area contributed by atoms with E-state index >= 15 is 0 Å². The van der Waals surface area contributed by atoms with Crippen molar-refractivity contribution in [1.82, 2.24) is 0 Å². The maximum absolute atomic E-state index is 9.77. The van der Waals surface area contributed by atoms with Gasteiger partial charge in [-0.1, -0.05) is 27.2 Å². The minimum absolute atomic E-state index is 0.0995. The summed E-state index contributed by atoms with van der Waals surface area (Å²) in [5.74, 6) is 0.393. The first kappa shape index (κ1) is 10.9. The molecule has 0 saturated carbocycles. The van der Waals surface area contributed by atoms with Gasteiger partial charge in [0.25, 0.3) is 0 Å². The Morgan fingerprint density at radius 1 is 1.45 bits per heavy atom. The lowest BCUT2D eigenvalue weighted by atomic mass is 9.84. The van der Waals surface area contributed by atoms with Crippen molar-refractivity contribution in [1.29, 1.82) is 0 Å². The van der Waals surface area contributed by atoms with Gasteiger partial charge in [-0.2, -0.15) is 0 Å². The molecule has 2 heteroatoms. The summed E-state index contributed by atoms with van der Waals surface area (Å²) in [6.07, 6.45) is 1.75. The van der Waals surface area contributed by atoms with Gasteiger partial charge in [0.1, 0.15) is 0 Å². The molecular formula is C9H21NO. The molecule has 0 aliphatic heterocycles. The predicted molar refractivity (Wildman–Crippen MR) is 48.3 cm³/mol. The van der Waals surface area contributed by atoms with Crippen molar-refractivity contribution in [2.45, 2.75) is 52.2 Å². The highest BCUT2D eigenvalue weighted by molar-refractivity contribution is 4.86. The van der Waals surface area contributed by atoms with Crippen LogP contribution in [-0.4, -0.2) is 16.7 Å². The first-order valence-electron chi connectivity index (χ1n) is 4.43. The Morgan fingerprint density at radius 3 is 2.18 bits per heavy atom. The van der Waals surface area contributed by atoms with Crippen LogP contribution in [-0.2, 0) is 0 Å². The van der Waals surface area contributed by atoms with Crippen LogP contribution in [0.4, 0.5) is 0 Å². The van der Waals surface area contributed by atoms with Crippen LogP contribution in [0.15, 0.2) is 0 Å². The van der Waals surface area contributed by atoms with Crippen LogP contribution in [0.1, 0.15) is 40.5 Å². The van der Waals surface area contributed by atoms with Gasteiger partial charge in [0.15, 0.2) is 0 Å². The molecule has 0 saturated heterocycles. The molecule has 0 aromatic heterocycles. The van der Waals surface area contributed by atoms with E-state index in [1.807, 2.05) is 13.8 Å². The van der Waals surface area contributed by atoms with Gasteiger partial charge in [-0.15, -0.1) is 0 Å². The molecule has 0 heterocycles. The van der Waals surface area contributed by atoms with Gasteiger partial charge in [-0.25, -0.2) is 0 Å². The highest BCUT2D eigenvalue weighted by Crippen LogP contribution is 2.20. The summed E-state index contributed by atoms with van der Waals surface area (Å²) in [6, 6.07) is -0.0995. The smallest absolute Gasteiger partial charge is 0.0769 e. The standard InChI is InChI=1S/C9H21NO/c1-5-7(3)8(10)9(4,11)6-2/h7-8,11H,5-6,10H2,1-4H3. The molecule has 0 spiro atoms. The van der Waals surface area contributed by atoms with Crippen LogP contribution in [0.3, 0.4) is 0 Å². The zero-order valence-corrected chi connectivity index (χ0v) is 8.09. The van der Waals surface area contributed by atoms with E-state index in [2.05, 4.69) is 13.8 Å². The molecule has 3 atom stereocenters. The van der Waals surface area contributed by atoms with Gasteiger partial charge >= 0.3 is 0 Å². The molecule has 3 unspecified atom stereocenters. The number of rotatable bonds is 4. The summed E-state index contributed by atoms with van der Waals surface area (Å²) in [6.45, 7) is 7.94. The van der Waals surface area contributed by atoms with Crippen molar-refractivity contribution in [3.8, 4) is 0 Å². The van der Waals surface area contributed by atoms with E-state index in [4.69, 9.17) is 5.73 Å². The molecule has 0 aromatic rings. The van der Waals surface area contributed by atoms with Gasteiger partial charge in [0.2, 0.25) is 0 Å². The fourth-order valence-electron chi connectivity index (χ4n) is 1.10. The highest BCUT2D eigenvalue weighted by atomic mass is 16.3. The van der Waals surface area contributed by atoms with Gasteiger partial charge in [0, 0.05) is 6.04 Å². The monoisotopic (exact) mass is 159 g/mol. The van der Waals surface area contributed by atoms with Crippen molar-refractivity contribution in [2.75, 3.05) is 0 Å². The normalized spacial score (nSPS) is 22.4. The van der Waals surface area contributed by atoms with Crippen LogP contribution in [0.2, 0.25) is 0 Å². The van der Waals surface area contributed by atoms with E-state index in [1.54, 1.807) is 0 Å². The van der Waals surface area contributed by atoms with Crippen LogP contribution < -0.4 is 5.73 Å². The van der Waals surface area contributed by atoms with Crippen molar-refractivity contribution >= 4 is 0 Å². The minimum Gasteiger partial charge on any atom is -0.389 e. The lowest BCUT2D eigenvalue weighted by molar-refractivity contribution is 0.0110. The molecule has 0 aliphatic carbocycles. The Balaban J connectivity index is 4.10. The molecule has 2 nitrogen and oxygen atoms in total. The van der Waals surface area contributed by atoms with E-state index in [1.165, 1.54) is 0 Å². The average molecular weight is 159 g/mol. The summed E-state index contributed by atoms with van der Waals surface area (Å²) in [5.41, 5.74) is 5.17. The Kier molecular flexibility index (Phi) is 4.04. The summed E-state index contributed by atoms with van der Waals surface area (Å²) in [5, 5.41) is 9.77. The SMILES string of the molecule is CCC(C)C(N)C(C)(O)CC. The second-order valence-electron chi connectivity index (χ2n) is 3.62. The molecule has 0 fully saturated rings. The topological polar surface area (TPSA) is 46.2 Å². The summed E-state index contributed by atoms with van der Waals surface area (Å²) in [7, 11) is 0. The fraction of sp³-hybridized carbons (Fsp3) is 1.00. The summed E-state index contributed by atoms with van der Waals surface area (Å²) >= 11 is 0. The first-order chi connectivity index (χ1) is 4.95. The molecule has 0 rings (SSSR count). The molecule has 0 aromatic carbocycles. The first-order valence-corrected chi connectivity index (χ1v) is 4.43. The van der Waals surface area contributed by atoms with Gasteiger partial charge in [0.05, 0.1) is 5.60 Å². The summed E-state index contributed by atoms with van der Waals surface area (Å²) < 4.78 is 0. The molecule has 68 valence electrons. The average Bonchev–Trinajstić information content (AvgIpc) is 2.01. The third-order valence-electron chi connectivity index (χ3n) is 2.69. The van der Waals surface area contributed by atoms with Crippen molar-refractivity contribution in [2.24, 2.45) is 11.7 Å². The summed E-state index contributed by atoms with van der Waals surface area (Å²) in [4.78, 5) is 0. The van der Waals surface area contributed by atoms with E-state index in [-0.39, 0.29) is 6.04 Å². The molecular weight excluding hydrogens is 138 g/mol. The van der Waals surface area contributed by atoms with E-state index in [0.29, 0.717) is 5.92 Å². The van der Waals surface area contributed by atoms with Crippen LogP contribution in [0.5, 0.6) is 0 Å². The third kappa shape index (κ3) is 2.80. The molecule has 3 N–H and O–H groups in total. The molecule has 0 aliphatic rings. The van der Waals surface area contributed by atoms with Crippen molar-refractivity contribution in [3.63, 3.8) is 0 Å². The van der Waals surface area contributed by atoms with E-state index in [0.717, 1.165) is 12.8 Å². The van der Waals surface area contributed by atoms with Gasteiger partial charge in [-0.3, -0.25) is 0 Å². The third-order valence-corrected chi connectivity index (χ3v) is 2.69. The Morgan fingerprint density at radius 2 is 1.91 bits per heavy atom. The van der Waals surface area contributed by atoms with E-state index in [9.17, 15) is 5.11 Å². The zero-order valence-electron chi connectivity index (χ0n) is 8.09. The van der Waals surface area contributed by atoms with Gasteiger partial charge < -0.3 is 10.8 Å². The zero-order chi connectivity index (χ0) is 9.07. The Labute approximate surface area is 69.8 Å². The molecule has 0 radical (unpaired) electrons. The number of aliphatic hydroxyl groups is 1. The second kappa shape index (κ2) is 4.07. The quantitative estimate of drug-likeness (QED) is 0.653. The lowest BCUT2D eigenvalue weighted by Gasteiger charge is -2.32. The number of nitrogens with two attached hydrogens (primary N) is 1. The second-order valence-corrected chi connectivity index (χ2v) is 3.62. The fourth-order valence-corrected chi connectivity index (χ4v) is 1.10. The van der Waals surface area contributed by atoms with E-state index < -0.39 is 5.60 Å². The highest BCUT2D eigenvalue weighted by Gasteiger charge is 2.29. The van der Waals surface area contributed by atoms with Crippen molar-refractivity contribution < 1.29 is 5.11 Å². The molecule has 11 heavy (non-hydrogen) atoms. The van der Waals surface area contributed by atoms with Crippen LogP contribution in [0.25, 0.3) is 0 Å². The number of hydrogen-bond donors (Lipinski definition) is 2. The molecule has 0 bridgehead atoms. The maximum atomic E-state index is 9.77. The maximum Gasteiger partial charge on any atom is 0.0769 e. The Hall–Kier alpha value is -0.0800. The van der Waals surface area contributed by atoms with Crippen LogP contribution >= 0.6 is 0 Å². The number of hydrogen-bond acceptors (Lipinski definition) is 2. The lowest BCUT2D eigenvalue weighted by Crippen LogP contribution is -2.49. The molecule has 0 amide bonds. The Bertz CT molecular complexity index is 112.